The molecule has 2 atom stereocenters. The largest absolute Gasteiger partial charge is 0.383 e. The number of amides is 1. The third kappa shape index (κ3) is 5.72. The van der Waals surface area contributed by atoms with Crippen molar-refractivity contribution in [1.82, 2.24) is 5.32 Å². The maximum atomic E-state index is 12.3. The third-order valence-electron chi connectivity index (χ3n) is 3.33. The minimum absolute atomic E-state index is 0.0202. The standard InChI is InChI=1S/C16H26N2O2/c1-3-7-15(12-20-2)18-16(19)14(11-17)10-13-8-5-4-6-9-13/h4-6,8-9,14-15H,3,7,10-12,17H2,1-2H3,(H,18,19). The van der Waals surface area contributed by atoms with Crippen LogP contribution in [0, 0.1) is 5.92 Å². The Bertz CT molecular complexity index is 375. The lowest BCUT2D eigenvalue weighted by atomic mass is 9.98. The van der Waals surface area contributed by atoms with Gasteiger partial charge in [-0.1, -0.05) is 43.7 Å². The molecular formula is C16H26N2O2. The molecule has 0 spiro atoms. The molecule has 0 aromatic heterocycles. The Kier molecular flexibility index (Phi) is 7.92. The highest BCUT2D eigenvalue weighted by atomic mass is 16.5. The van der Waals surface area contributed by atoms with Gasteiger partial charge in [-0.05, 0) is 18.4 Å². The molecule has 1 aromatic rings. The number of benzene rings is 1. The number of hydrogen-bond acceptors (Lipinski definition) is 3. The molecule has 2 unspecified atom stereocenters. The number of rotatable bonds is 9. The SMILES string of the molecule is CCCC(COC)NC(=O)C(CN)Cc1ccccc1. The summed E-state index contributed by atoms with van der Waals surface area (Å²) in [6, 6.07) is 10.0. The summed E-state index contributed by atoms with van der Waals surface area (Å²) in [5.41, 5.74) is 6.89. The van der Waals surface area contributed by atoms with Gasteiger partial charge in [0.25, 0.3) is 0 Å². The Labute approximate surface area is 121 Å². The van der Waals surface area contributed by atoms with E-state index in [9.17, 15) is 4.79 Å². The Morgan fingerprint density at radius 2 is 2.05 bits per heavy atom. The summed E-state index contributed by atoms with van der Waals surface area (Å²) in [7, 11) is 1.65. The van der Waals surface area contributed by atoms with E-state index in [1.54, 1.807) is 7.11 Å². The molecule has 4 heteroatoms. The van der Waals surface area contributed by atoms with E-state index in [0.717, 1.165) is 18.4 Å². The van der Waals surface area contributed by atoms with Gasteiger partial charge in [0.05, 0.1) is 18.6 Å². The summed E-state index contributed by atoms with van der Waals surface area (Å²) in [5, 5.41) is 3.05. The van der Waals surface area contributed by atoms with Crippen LogP contribution in [0.2, 0.25) is 0 Å². The molecule has 0 aliphatic carbocycles. The van der Waals surface area contributed by atoms with Crippen LogP contribution >= 0.6 is 0 Å². The molecular weight excluding hydrogens is 252 g/mol. The number of ether oxygens (including phenoxy) is 1. The van der Waals surface area contributed by atoms with E-state index >= 15 is 0 Å². The molecule has 0 bridgehead atoms. The molecule has 3 N–H and O–H groups in total. The second kappa shape index (κ2) is 9.50. The fourth-order valence-corrected chi connectivity index (χ4v) is 2.25. The van der Waals surface area contributed by atoms with Gasteiger partial charge in [0.1, 0.15) is 0 Å². The van der Waals surface area contributed by atoms with Gasteiger partial charge in [0, 0.05) is 13.7 Å². The van der Waals surface area contributed by atoms with Crippen molar-refractivity contribution >= 4 is 5.91 Å². The molecule has 0 radical (unpaired) electrons. The van der Waals surface area contributed by atoms with Gasteiger partial charge in [-0.2, -0.15) is 0 Å². The first kappa shape index (κ1) is 16.7. The highest BCUT2D eigenvalue weighted by Crippen LogP contribution is 2.09. The number of nitrogens with two attached hydrogens (primary N) is 1. The van der Waals surface area contributed by atoms with Crippen molar-refractivity contribution in [2.24, 2.45) is 11.7 Å². The van der Waals surface area contributed by atoms with Crippen molar-refractivity contribution in [1.29, 1.82) is 0 Å². The van der Waals surface area contributed by atoms with E-state index in [4.69, 9.17) is 10.5 Å². The molecule has 1 aromatic carbocycles. The number of methoxy groups -OCH3 is 1. The van der Waals surface area contributed by atoms with Gasteiger partial charge in [0.15, 0.2) is 0 Å². The van der Waals surface area contributed by atoms with E-state index < -0.39 is 0 Å². The lowest BCUT2D eigenvalue weighted by molar-refractivity contribution is -0.125. The van der Waals surface area contributed by atoms with Gasteiger partial charge >= 0.3 is 0 Å². The lowest BCUT2D eigenvalue weighted by Crippen LogP contribution is -2.44. The normalized spacial score (nSPS) is 13.8. The summed E-state index contributed by atoms with van der Waals surface area (Å²) in [4.78, 5) is 12.3. The third-order valence-corrected chi connectivity index (χ3v) is 3.33. The maximum absolute atomic E-state index is 12.3. The summed E-state index contributed by atoms with van der Waals surface area (Å²) in [5.74, 6) is -0.166. The molecule has 1 rings (SSSR count). The molecule has 0 aliphatic heterocycles. The summed E-state index contributed by atoms with van der Waals surface area (Å²) in [6.45, 7) is 2.99. The quantitative estimate of drug-likeness (QED) is 0.723. The van der Waals surface area contributed by atoms with Crippen LogP contribution in [0.1, 0.15) is 25.3 Å². The van der Waals surface area contributed by atoms with Crippen LogP contribution in [-0.2, 0) is 16.0 Å². The molecule has 0 aliphatic rings. The topological polar surface area (TPSA) is 64.3 Å². The highest BCUT2D eigenvalue weighted by molar-refractivity contribution is 5.79. The minimum atomic E-state index is -0.186. The Hall–Kier alpha value is -1.39. The lowest BCUT2D eigenvalue weighted by Gasteiger charge is -2.21. The van der Waals surface area contributed by atoms with Crippen LogP contribution in [-0.4, -0.2) is 32.2 Å². The van der Waals surface area contributed by atoms with E-state index in [-0.39, 0.29) is 17.9 Å². The number of carbonyl (C=O) groups is 1. The zero-order chi connectivity index (χ0) is 14.8. The molecule has 0 heterocycles. The highest BCUT2D eigenvalue weighted by Gasteiger charge is 2.20. The van der Waals surface area contributed by atoms with Crippen molar-refractivity contribution in [3.63, 3.8) is 0 Å². The maximum Gasteiger partial charge on any atom is 0.225 e. The van der Waals surface area contributed by atoms with Crippen molar-refractivity contribution in [3.8, 4) is 0 Å². The smallest absolute Gasteiger partial charge is 0.225 e. The Morgan fingerprint density at radius 3 is 2.60 bits per heavy atom. The molecule has 0 saturated carbocycles. The van der Waals surface area contributed by atoms with Crippen LogP contribution in [0.25, 0.3) is 0 Å². The van der Waals surface area contributed by atoms with Gasteiger partial charge in [-0.15, -0.1) is 0 Å². The summed E-state index contributed by atoms with van der Waals surface area (Å²) < 4.78 is 5.14. The fourth-order valence-electron chi connectivity index (χ4n) is 2.25. The van der Waals surface area contributed by atoms with E-state index in [1.165, 1.54) is 0 Å². The van der Waals surface area contributed by atoms with E-state index in [1.807, 2.05) is 30.3 Å². The van der Waals surface area contributed by atoms with Gasteiger partial charge in [0.2, 0.25) is 5.91 Å². The molecule has 1 amide bonds. The second-order valence-corrected chi connectivity index (χ2v) is 5.07. The summed E-state index contributed by atoms with van der Waals surface area (Å²) in [6.07, 6.45) is 2.61. The zero-order valence-corrected chi connectivity index (χ0v) is 12.5. The van der Waals surface area contributed by atoms with Gasteiger partial charge in [-0.25, -0.2) is 0 Å². The van der Waals surface area contributed by atoms with Crippen LogP contribution in [0.5, 0.6) is 0 Å². The molecule has 0 saturated heterocycles. The Morgan fingerprint density at radius 1 is 1.35 bits per heavy atom. The van der Waals surface area contributed by atoms with E-state index in [0.29, 0.717) is 19.6 Å². The monoisotopic (exact) mass is 278 g/mol. The van der Waals surface area contributed by atoms with Crippen molar-refractivity contribution < 1.29 is 9.53 Å². The van der Waals surface area contributed by atoms with Crippen LogP contribution in [0.15, 0.2) is 30.3 Å². The Balaban J connectivity index is 2.57. The molecule has 20 heavy (non-hydrogen) atoms. The van der Waals surface area contributed by atoms with E-state index in [2.05, 4.69) is 12.2 Å². The predicted octanol–water partition coefficient (Wildman–Crippen LogP) is 1.74. The van der Waals surface area contributed by atoms with Gasteiger partial charge < -0.3 is 15.8 Å². The number of hydrogen-bond donors (Lipinski definition) is 2. The number of nitrogens with one attached hydrogen (secondary N) is 1. The molecule has 112 valence electrons. The zero-order valence-electron chi connectivity index (χ0n) is 12.5. The summed E-state index contributed by atoms with van der Waals surface area (Å²) >= 11 is 0. The minimum Gasteiger partial charge on any atom is -0.383 e. The van der Waals surface area contributed by atoms with Crippen molar-refractivity contribution in [2.75, 3.05) is 20.3 Å². The van der Waals surface area contributed by atoms with Crippen molar-refractivity contribution in [2.45, 2.75) is 32.2 Å². The average Bonchev–Trinajstić information content (AvgIpc) is 2.46. The van der Waals surface area contributed by atoms with Crippen LogP contribution < -0.4 is 11.1 Å². The first-order chi connectivity index (χ1) is 9.71. The fraction of sp³-hybridized carbons (Fsp3) is 0.562. The van der Waals surface area contributed by atoms with Crippen LogP contribution in [0.4, 0.5) is 0 Å². The van der Waals surface area contributed by atoms with Crippen LogP contribution in [0.3, 0.4) is 0 Å². The molecule has 4 nitrogen and oxygen atoms in total. The predicted molar refractivity (Wildman–Crippen MR) is 81.4 cm³/mol. The second-order valence-electron chi connectivity index (χ2n) is 5.07. The van der Waals surface area contributed by atoms with Crippen molar-refractivity contribution in [3.05, 3.63) is 35.9 Å². The first-order valence-corrected chi connectivity index (χ1v) is 7.24. The average molecular weight is 278 g/mol. The molecule has 0 fully saturated rings. The van der Waals surface area contributed by atoms with Gasteiger partial charge in [-0.3, -0.25) is 4.79 Å². The first-order valence-electron chi connectivity index (χ1n) is 7.24. The number of carbonyl (C=O) groups excluding carboxylic acids is 1.